The van der Waals surface area contributed by atoms with Crippen molar-refractivity contribution in [3.05, 3.63) is 35.4 Å². The van der Waals surface area contributed by atoms with Crippen molar-refractivity contribution in [1.29, 1.82) is 0 Å². The van der Waals surface area contributed by atoms with E-state index in [0.29, 0.717) is 11.1 Å². The van der Waals surface area contributed by atoms with E-state index in [-0.39, 0.29) is 6.54 Å². The molecular weight excluding hydrogens is 282 g/mol. The second-order valence-corrected chi connectivity index (χ2v) is 7.41. The van der Waals surface area contributed by atoms with Crippen LogP contribution in [0.25, 0.3) is 0 Å². The molecule has 1 aromatic rings. The summed E-state index contributed by atoms with van der Waals surface area (Å²) in [5, 5.41) is 0. The molecular formula is C12H15N3O4S. The summed E-state index contributed by atoms with van der Waals surface area (Å²) < 4.78 is 23.3. The number of sulfonamides is 1. The van der Waals surface area contributed by atoms with Crippen molar-refractivity contribution in [1.82, 2.24) is 9.73 Å². The van der Waals surface area contributed by atoms with E-state index in [0.717, 1.165) is 4.31 Å². The van der Waals surface area contributed by atoms with Crippen molar-refractivity contribution >= 4 is 21.8 Å². The Balaban J connectivity index is 2.17. The predicted octanol–water partition coefficient (Wildman–Crippen LogP) is -0.259. The third-order valence-corrected chi connectivity index (χ3v) is 5.69. The first-order chi connectivity index (χ1) is 9.21. The summed E-state index contributed by atoms with van der Waals surface area (Å²) in [4.78, 5) is 23.0. The molecule has 0 spiro atoms. The van der Waals surface area contributed by atoms with Gasteiger partial charge in [-0.15, -0.1) is 0 Å². The fraction of sp³-hybridized carbons (Fsp3) is 0.333. The molecule has 1 fully saturated rings. The zero-order chi connectivity index (χ0) is 15.1. The Morgan fingerprint density at radius 2 is 1.85 bits per heavy atom. The number of nitrogen functional groups attached to an aromatic ring is 1. The van der Waals surface area contributed by atoms with Gasteiger partial charge in [-0.05, 0) is 31.5 Å². The number of nitrogens with two attached hydrogens (primary N) is 1. The number of carbonyl (C=O) groups is 2. The van der Waals surface area contributed by atoms with Gasteiger partial charge in [0, 0.05) is 5.56 Å². The maximum absolute atomic E-state index is 11.9. The molecule has 0 aromatic heterocycles. The van der Waals surface area contributed by atoms with Crippen molar-refractivity contribution in [3.63, 3.8) is 0 Å². The van der Waals surface area contributed by atoms with Crippen molar-refractivity contribution in [3.8, 4) is 0 Å². The summed E-state index contributed by atoms with van der Waals surface area (Å²) in [7, 11) is -3.59. The summed E-state index contributed by atoms with van der Waals surface area (Å²) in [5.41, 5.74) is 2.97. The third-order valence-electron chi connectivity index (χ3n) is 3.35. The van der Waals surface area contributed by atoms with Crippen molar-refractivity contribution in [2.75, 3.05) is 0 Å². The number of benzene rings is 1. The maximum Gasteiger partial charge on any atom is 0.265 e. The van der Waals surface area contributed by atoms with Gasteiger partial charge in [0.2, 0.25) is 0 Å². The second-order valence-electron chi connectivity index (χ2n) is 5.00. The molecule has 1 aliphatic heterocycles. The van der Waals surface area contributed by atoms with Crippen LogP contribution in [0, 0.1) is 0 Å². The van der Waals surface area contributed by atoms with E-state index in [1.807, 2.05) is 5.43 Å². The van der Waals surface area contributed by atoms with Crippen LogP contribution in [0.15, 0.2) is 24.3 Å². The van der Waals surface area contributed by atoms with Crippen LogP contribution in [0.4, 0.5) is 0 Å². The van der Waals surface area contributed by atoms with E-state index < -0.39 is 26.6 Å². The van der Waals surface area contributed by atoms with Crippen LogP contribution in [0.3, 0.4) is 0 Å². The SMILES string of the molecule is CC1(C)C(=O)N(Cc2ccc(C(=O)NN)cc2)S1(=O)=O. The van der Waals surface area contributed by atoms with Crippen molar-refractivity contribution < 1.29 is 18.0 Å². The lowest BCUT2D eigenvalue weighted by Gasteiger charge is -2.43. The fourth-order valence-electron chi connectivity index (χ4n) is 1.92. The van der Waals surface area contributed by atoms with Crippen LogP contribution < -0.4 is 11.3 Å². The number of hydrogen-bond acceptors (Lipinski definition) is 5. The highest BCUT2D eigenvalue weighted by molar-refractivity contribution is 7.94. The number of amides is 2. The van der Waals surface area contributed by atoms with Crippen LogP contribution in [0.5, 0.6) is 0 Å². The predicted molar refractivity (Wildman–Crippen MR) is 71.6 cm³/mol. The highest BCUT2D eigenvalue weighted by Gasteiger charge is 2.59. The van der Waals surface area contributed by atoms with Gasteiger partial charge in [-0.2, -0.15) is 0 Å². The van der Waals surface area contributed by atoms with E-state index in [1.54, 1.807) is 12.1 Å². The summed E-state index contributed by atoms with van der Waals surface area (Å²) in [6, 6.07) is 6.19. The van der Waals surface area contributed by atoms with Gasteiger partial charge in [0.1, 0.15) is 0 Å². The van der Waals surface area contributed by atoms with Crippen molar-refractivity contribution in [2.24, 2.45) is 5.84 Å². The normalized spacial score (nSPS) is 19.4. The molecule has 1 saturated heterocycles. The average molecular weight is 297 g/mol. The summed E-state index contributed by atoms with van der Waals surface area (Å²) in [6.07, 6.45) is 0. The standard InChI is InChI=1S/C12H15N3O4S/c1-12(2)11(17)15(20(12,18)19)7-8-3-5-9(6-4-8)10(16)14-13/h3-6H,7,13H2,1-2H3,(H,14,16). The Bertz CT molecular complexity index is 664. The van der Waals surface area contributed by atoms with E-state index in [2.05, 4.69) is 0 Å². The molecule has 3 N–H and O–H groups in total. The largest absolute Gasteiger partial charge is 0.290 e. The number of carbonyl (C=O) groups excluding carboxylic acids is 2. The summed E-state index contributed by atoms with van der Waals surface area (Å²) >= 11 is 0. The number of nitrogens with zero attached hydrogens (tertiary/aromatic N) is 1. The second kappa shape index (κ2) is 4.57. The first kappa shape index (κ1) is 14.5. The number of nitrogens with one attached hydrogen (secondary N) is 1. The van der Waals surface area contributed by atoms with Crippen LogP contribution >= 0.6 is 0 Å². The molecule has 20 heavy (non-hydrogen) atoms. The smallest absolute Gasteiger partial charge is 0.265 e. The van der Waals surface area contributed by atoms with Gasteiger partial charge in [-0.3, -0.25) is 15.0 Å². The molecule has 2 amide bonds. The van der Waals surface area contributed by atoms with Crippen molar-refractivity contribution in [2.45, 2.75) is 25.1 Å². The molecule has 8 heteroatoms. The molecule has 0 aliphatic carbocycles. The quantitative estimate of drug-likeness (QED) is 0.454. The third kappa shape index (κ3) is 1.97. The lowest BCUT2D eigenvalue weighted by molar-refractivity contribution is -0.132. The van der Waals surface area contributed by atoms with Gasteiger partial charge in [0.15, 0.2) is 4.75 Å². The van der Waals surface area contributed by atoms with E-state index in [9.17, 15) is 18.0 Å². The van der Waals surface area contributed by atoms with Crippen LogP contribution in [-0.4, -0.2) is 29.3 Å². The lowest BCUT2D eigenvalue weighted by atomic mass is 10.1. The maximum atomic E-state index is 11.9. The summed E-state index contributed by atoms with van der Waals surface area (Å²) in [5.74, 6) is 4.14. The number of hydrazine groups is 1. The van der Waals surface area contributed by atoms with Crippen LogP contribution in [0.1, 0.15) is 29.8 Å². The molecule has 0 atom stereocenters. The van der Waals surface area contributed by atoms with Gasteiger partial charge in [0.05, 0.1) is 6.54 Å². The zero-order valence-electron chi connectivity index (χ0n) is 11.1. The monoisotopic (exact) mass is 297 g/mol. The Hall–Kier alpha value is -1.93. The fourth-order valence-corrected chi connectivity index (χ4v) is 3.44. The van der Waals surface area contributed by atoms with E-state index in [4.69, 9.17) is 5.84 Å². The molecule has 108 valence electrons. The molecule has 2 rings (SSSR count). The number of rotatable bonds is 3. The first-order valence-corrected chi connectivity index (χ1v) is 7.32. The zero-order valence-corrected chi connectivity index (χ0v) is 11.9. The van der Waals surface area contributed by atoms with Gasteiger partial charge in [-0.25, -0.2) is 18.6 Å². The van der Waals surface area contributed by atoms with Crippen LogP contribution in [0.2, 0.25) is 0 Å². The Morgan fingerprint density at radius 3 is 2.30 bits per heavy atom. The highest BCUT2D eigenvalue weighted by Crippen LogP contribution is 2.35. The Morgan fingerprint density at radius 1 is 1.30 bits per heavy atom. The molecule has 0 bridgehead atoms. The molecule has 1 heterocycles. The minimum absolute atomic E-state index is 0.0326. The minimum Gasteiger partial charge on any atom is -0.290 e. The van der Waals surface area contributed by atoms with Gasteiger partial charge < -0.3 is 0 Å². The van der Waals surface area contributed by atoms with Gasteiger partial charge >= 0.3 is 0 Å². The summed E-state index contributed by atoms with van der Waals surface area (Å²) in [6.45, 7) is 2.74. The van der Waals surface area contributed by atoms with E-state index >= 15 is 0 Å². The molecule has 0 saturated carbocycles. The highest BCUT2D eigenvalue weighted by atomic mass is 32.2. The van der Waals surface area contributed by atoms with Gasteiger partial charge in [-0.1, -0.05) is 12.1 Å². The molecule has 0 unspecified atom stereocenters. The van der Waals surface area contributed by atoms with Crippen LogP contribution in [-0.2, 0) is 21.4 Å². The molecule has 1 aliphatic rings. The van der Waals surface area contributed by atoms with E-state index in [1.165, 1.54) is 26.0 Å². The number of hydrogen-bond donors (Lipinski definition) is 2. The topological polar surface area (TPSA) is 110 Å². The average Bonchev–Trinajstić information content (AvgIpc) is 2.43. The minimum atomic E-state index is -3.59. The van der Waals surface area contributed by atoms with Gasteiger partial charge in [0.25, 0.3) is 21.8 Å². The molecule has 1 aromatic carbocycles. The Kier molecular flexibility index (Phi) is 3.31. The first-order valence-electron chi connectivity index (χ1n) is 5.88. The molecule has 7 nitrogen and oxygen atoms in total. The molecule has 0 radical (unpaired) electrons. The Labute approximate surface area is 116 Å². The lowest BCUT2D eigenvalue weighted by Crippen LogP contribution is -2.66.